The molecule has 5 aromatic rings. The number of nitrogens with two attached hydrogens (primary N) is 1. The van der Waals surface area contributed by atoms with Gasteiger partial charge in [0.1, 0.15) is 46.0 Å². The number of alkyl halides is 3. The van der Waals surface area contributed by atoms with Crippen LogP contribution in [0.4, 0.5) is 23.8 Å². The smallest absolute Gasteiger partial charge is 0.416 e. The van der Waals surface area contributed by atoms with E-state index in [-0.39, 0.29) is 28.6 Å². The lowest BCUT2D eigenvalue weighted by Gasteiger charge is -2.19. The Hall–Kier alpha value is -5.44. The summed E-state index contributed by atoms with van der Waals surface area (Å²) in [6, 6.07) is 15.5. The van der Waals surface area contributed by atoms with Gasteiger partial charge in [-0.2, -0.15) is 13.2 Å². The van der Waals surface area contributed by atoms with Crippen LogP contribution in [-0.4, -0.2) is 44.6 Å². The number of carbonyl (C=O) groups excluding carboxylic acids is 3. The molecule has 3 amide bonds. The second kappa shape index (κ2) is 13.4. The van der Waals surface area contributed by atoms with Gasteiger partial charge in [-0.3, -0.25) is 14.2 Å². The Balaban J connectivity index is 1.34. The van der Waals surface area contributed by atoms with Gasteiger partial charge >= 0.3 is 12.3 Å². The van der Waals surface area contributed by atoms with Gasteiger partial charge in [0, 0.05) is 17.8 Å². The molecular weight excluding hydrogens is 649 g/mol. The zero-order valence-corrected chi connectivity index (χ0v) is 27.0. The summed E-state index contributed by atoms with van der Waals surface area (Å²) in [5.74, 6) is -0.955. The molecule has 48 heavy (non-hydrogen) atoms. The van der Waals surface area contributed by atoms with Crippen molar-refractivity contribution in [3.05, 3.63) is 89.2 Å². The van der Waals surface area contributed by atoms with E-state index in [1.54, 1.807) is 49.9 Å². The summed E-state index contributed by atoms with van der Waals surface area (Å²) >= 11 is 1.02. The molecule has 15 heteroatoms. The van der Waals surface area contributed by atoms with Crippen molar-refractivity contribution in [2.45, 2.75) is 45.6 Å². The fourth-order valence-electron chi connectivity index (χ4n) is 4.80. The molecule has 0 aliphatic rings. The molecule has 0 aliphatic heterocycles. The SMILES string of the molecule is CC(Oc1cc(-n2cnc3cc(-c4ccnc(NC(=O)CNC(=O)OC(C)(C)C)c4)ccc32)sc1C(N)=O)c1ccccc1C(F)(F)F. The Morgan fingerprint density at radius 1 is 1.00 bits per heavy atom. The van der Waals surface area contributed by atoms with Crippen LogP contribution in [-0.2, 0) is 15.7 Å². The fourth-order valence-corrected chi connectivity index (χ4v) is 5.73. The molecule has 0 saturated carbocycles. The number of pyridine rings is 1. The zero-order valence-electron chi connectivity index (χ0n) is 26.2. The van der Waals surface area contributed by atoms with Crippen LogP contribution in [0.5, 0.6) is 5.75 Å². The topological polar surface area (TPSA) is 150 Å². The number of nitrogens with one attached hydrogen (secondary N) is 2. The maximum Gasteiger partial charge on any atom is 0.416 e. The Morgan fingerprint density at radius 3 is 2.44 bits per heavy atom. The first-order valence-corrected chi connectivity index (χ1v) is 15.4. The fraction of sp³-hybridized carbons (Fsp3) is 0.242. The molecule has 11 nitrogen and oxygen atoms in total. The minimum Gasteiger partial charge on any atom is -0.484 e. The lowest BCUT2D eigenvalue weighted by atomic mass is 10.0. The molecule has 1 unspecified atom stereocenters. The Bertz CT molecular complexity index is 2000. The molecule has 0 radical (unpaired) electrons. The highest BCUT2D eigenvalue weighted by Crippen LogP contribution is 2.39. The number of alkyl carbamates (subject to hydrolysis) is 1. The maximum absolute atomic E-state index is 13.6. The molecule has 4 N–H and O–H groups in total. The monoisotopic (exact) mass is 680 g/mol. The van der Waals surface area contributed by atoms with Gasteiger partial charge in [0.15, 0.2) is 0 Å². The molecule has 5 rings (SSSR count). The first-order chi connectivity index (χ1) is 22.6. The Labute approximate surface area is 276 Å². The second-order valence-electron chi connectivity index (χ2n) is 11.6. The van der Waals surface area contributed by atoms with E-state index in [4.69, 9.17) is 15.2 Å². The number of imidazole rings is 1. The number of carbonyl (C=O) groups is 3. The van der Waals surface area contributed by atoms with Crippen LogP contribution in [0.15, 0.2) is 73.2 Å². The number of aromatic nitrogens is 3. The first kappa shape index (κ1) is 33.9. The highest BCUT2D eigenvalue weighted by atomic mass is 32.1. The van der Waals surface area contributed by atoms with E-state index < -0.39 is 41.4 Å². The number of nitrogens with zero attached hydrogens (tertiary/aromatic N) is 3. The zero-order chi connectivity index (χ0) is 34.8. The van der Waals surface area contributed by atoms with Crippen molar-refractivity contribution >= 4 is 46.1 Å². The van der Waals surface area contributed by atoms with Crippen molar-refractivity contribution in [3.8, 4) is 21.9 Å². The van der Waals surface area contributed by atoms with Crippen molar-refractivity contribution in [1.82, 2.24) is 19.9 Å². The van der Waals surface area contributed by atoms with Crippen molar-refractivity contribution < 1.29 is 37.0 Å². The number of rotatable bonds is 9. The highest BCUT2D eigenvalue weighted by molar-refractivity contribution is 7.16. The standard InChI is InChI=1S/C33H31F3N6O5S/c1-18(21-7-5-6-8-22(21)33(34,35)36)46-25-15-28(48-29(25)30(37)44)42-17-40-23-13-19(9-10-24(23)42)20-11-12-38-26(14-20)41-27(43)16-39-31(45)47-32(2,3)4/h5-15,17-18H,16H2,1-4H3,(H2,37,44)(H,39,45)(H,38,41,43). The Kier molecular flexibility index (Phi) is 9.43. The number of amides is 3. The van der Waals surface area contributed by atoms with Crippen LogP contribution in [0, 0.1) is 0 Å². The van der Waals surface area contributed by atoms with Gasteiger partial charge in [-0.05, 0) is 69.2 Å². The van der Waals surface area contributed by atoms with Gasteiger partial charge in [-0.15, -0.1) is 11.3 Å². The average molecular weight is 681 g/mol. The summed E-state index contributed by atoms with van der Waals surface area (Å²) in [6.45, 7) is 6.30. The molecule has 2 aromatic carbocycles. The van der Waals surface area contributed by atoms with E-state index in [0.29, 0.717) is 16.0 Å². The van der Waals surface area contributed by atoms with Gasteiger partial charge in [-0.25, -0.2) is 14.8 Å². The van der Waals surface area contributed by atoms with Crippen LogP contribution in [0.3, 0.4) is 0 Å². The molecule has 0 aliphatic carbocycles. The van der Waals surface area contributed by atoms with E-state index in [1.807, 2.05) is 18.2 Å². The van der Waals surface area contributed by atoms with Gasteiger partial charge in [0.2, 0.25) is 5.91 Å². The van der Waals surface area contributed by atoms with Crippen molar-refractivity contribution in [2.24, 2.45) is 5.73 Å². The minimum absolute atomic E-state index is 0.0486. The van der Waals surface area contributed by atoms with Gasteiger partial charge in [0.25, 0.3) is 5.91 Å². The van der Waals surface area contributed by atoms with E-state index >= 15 is 0 Å². The van der Waals surface area contributed by atoms with Crippen LogP contribution in [0.1, 0.15) is 54.6 Å². The third-order valence-corrected chi connectivity index (χ3v) is 7.98. The summed E-state index contributed by atoms with van der Waals surface area (Å²) in [7, 11) is 0. The molecular formula is C33H31F3N6O5S. The number of fused-ring (bicyclic) bond motifs is 1. The molecule has 0 spiro atoms. The van der Waals surface area contributed by atoms with Crippen LogP contribution in [0.25, 0.3) is 27.2 Å². The number of benzene rings is 2. The quantitative estimate of drug-likeness (QED) is 0.154. The van der Waals surface area contributed by atoms with E-state index in [2.05, 4.69) is 20.6 Å². The summed E-state index contributed by atoms with van der Waals surface area (Å²) in [6.07, 6.45) is -3.26. The minimum atomic E-state index is -4.58. The number of hydrogen-bond acceptors (Lipinski definition) is 8. The van der Waals surface area contributed by atoms with Crippen LogP contribution < -0.4 is 21.1 Å². The normalized spacial score (nSPS) is 12.4. The first-order valence-electron chi connectivity index (χ1n) is 14.6. The molecule has 0 bridgehead atoms. The van der Waals surface area contributed by atoms with Gasteiger partial charge in [-0.1, -0.05) is 24.3 Å². The number of thiophene rings is 1. The van der Waals surface area contributed by atoms with Gasteiger partial charge < -0.3 is 25.8 Å². The molecule has 3 heterocycles. The Morgan fingerprint density at radius 2 is 1.73 bits per heavy atom. The number of hydrogen-bond donors (Lipinski definition) is 3. The van der Waals surface area contributed by atoms with Crippen molar-refractivity contribution in [3.63, 3.8) is 0 Å². The van der Waals surface area contributed by atoms with E-state index in [9.17, 15) is 27.6 Å². The summed E-state index contributed by atoms with van der Waals surface area (Å²) in [4.78, 5) is 45.3. The van der Waals surface area contributed by atoms with Crippen molar-refractivity contribution in [2.75, 3.05) is 11.9 Å². The molecule has 1 atom stereocenters. The lowest BCUT2D eigenvalue weighted by Crippen LogP contribution is -2.37. The van der Waals surface area contributed by atoms with Crippen molar-refractivity contribution in [1.29, 1.82) is 0 Å². The van der Waals surface area contributed by atoms with Crippen LogP contribution >= 0.6 is 11.3 Å². The van der Waals surface area contributed by atoms with E-state index in [0.717, 1.165) is 28.5 Å². The third kappa shape index (κ3) is 7.91. The summed E-state index contributed by atoms with van der Waals surface area (Å²) in [5.41, 5.74) is 6.78. The largest absolute Gasteiger partial charge is 0.484 e. The molecule has 0 saturated heterocycles. The summed E-state index contributed by atoms with van der Waals surface area (Å²) < 4.78 is 53.6. The second-order valence-corrected chi connectivity index (χ2v) is 12.7. The predicted octanol–water partition coefficient (Wildman–Crippen LogP) is 6.87. The molecule has 3 aromatic heterocycles. The average Bonchev–Trinajstić information content (AvgIpc) is 3.63. The number of ether oxygens (including phenoxy) is 2. The number of halogens is 3. The number of primary amides is 1. The van der Waals surface area contributed by atoms with E-state index in [1.165, 1.54) is 31.3 Å². The highest BCUT2D eigenvalue weighted by Gasteiger charge is 2.35. The van der Waals surface area contributed by atoms with Crippen LogP contribution in [0.2, 0.25) is 0 Å². The van der Waals surface area contributed by atoms with Gasteiger partial charge in [0.05, 0.1) is 16.6 Å². The third-order valence-electron chi connectivity index (χ3n) is 6.85. The maximum atomic E-state index is 13.6. The molecule has 250 valence electrons. The molecule has 0 fully saturated rings. The predicted molar refractivity (Wildman–Crippen MR) is 174 cm³/mol. The number of anilines is 1. The summed E-state index contributed by atoms with van der Waals surface area (Å²) in [5, 5.41) is 5.54. The lowest BCUT2D eigenvalue weighted by molar-refractivity contribution is -0.139.